The first-order chi connectivity index (χ1) is 13.7. The minimum atomic E-state index is 0.157. The third kappa shape index (κ3) is 3.09. The van der Waals surface area contributed by atoms with Crippen molar-refractivity contribution in [1.82, 2.24) is 9.47 Å². The Kier molecular flexibility index (Phi) is 4.38. The number of fused-ring (bicyclic) bond motifs is 4. The summed E-state index contributed by atoms with van der Waals surface area (Å²) in [5.41, 5.74) is 4.06. The molecular formula is C23H21N3OS. The number of thiophene rings is 1. The highest BCUT2D eigenvalue weighted by molar-refractivity contribution is 7.13. The van der Waals surface area contributed by atoms with Crippen LogP contribution in [0.3, 0.4) is 0 Å². The van der Waals surface area contributed by atoms with Gasteiger partial charge in [-0.25, -0.2) is 0 Å². The number of benzene rings is 1. The van der Waals surface area contributed by atoms with Crippen LogP contribution in [0.2, 0.25) is 0 Å². The maximum absolute atomic E-state index is 13.1. The summed E-state index contributed by atoms with van der Waals surface area (Å²) in [5.74, 6) is 0.901. The van der Waals surface area contributed by atoms with E-state index in [9.17, 15) is 4.79 Å². The quantitative estimate of drug-likeness (QED) is 0.681. The van der Waals surface area contributed by atoms with Crippen LogP contribution in [-0.4, -0.2) is 22.6 Å². The van der Waals surface area contributed by atoms with Gasteiger partial charge in [-0.3, -0.25) is 9.69 Å². The van der Waals surface area contributed by atoms with E-state index in [-0.39, 0.29) is 5.56 Å². The number of nitriles is 1. The van der Waals surface area contributed by atoms with Gasteiger partial charge >= 0.3 is 0 Å². The monoisotopic (exact) mass is 387 g/mol. The van der Waals surface area contributed by atoms with E-state index in [0.717, 1.165) is 43.0 Å². The number of hydrogen-bond donors (Lipinski definition) is 0. The van der Waals surface area contributed by atoms with Gasteiger partial charge in [-0.05, 0) is 53.6 Å². The van der Waals surface area contributed by atoms with Crippen molar-refractivity contribution in [3.05, 3.63) is 81.1 Å². The fourth-order valence-corrected chi connectivity index (χ4v) is 5.53. The van der Waals surface area contributed by atoms with Crippen molar-refractivity contribution >= 4 is 11.3 Å². The lowest BCUT2D eigenvalue weighted by Gasteiger charge is -2.43. The first-order valence-corrected chi connectivity index (χ1v) is 10.6. The summed E-state index contributed by atoms with van der Waals surface area (Å²) in [6, 6.07) is 18.3. The molecule has 2 aromatic heterocycles. The average molecular weight is 388 g/mol. The van der Waals surface area contributed by atoms with Crippen LogP contribution in [-0.2, 0) is 13.1 Å². The summed E-state index contributed by atoms with van der Waals surface area (Å²) >= 11 is 1.62. The topological polar surface area (TPSA) is 49.0 Å². The molecule has 4 heterocycles. The van der Waals surface area contributed by atoms with E-state index in [1.54, 1.807) is 11.3 Å². The Bertz CT molecular complexity index is 1110. The molecule has 0 spiro atoms. The van der Waals surface area contributed by atoms with Gasteiger partial charge in [-0.2, -0.15) is 5.26 Å². The highest BCUT2D eigenvalue weighted by Gasteiger charge is 2.35. The Hall–Kier alpha value is -2.68. The van der Waals surface area contributed by atoms with E-state index < -0.39 is 0 Å². The molecule has 1 fully saturated rings. The molecule has 5 rings (SSSR count). The van der Waals surface area contributed by atoms with E-state index in [4.69, 9.17) is 5.26 Å². The lowest BCUT2D eigenvalue weighted by molar-refractivity contribution is 0.114. The standard InChI is InChI=1S/C23H21N3OS/c24-11-16-3-1-4-17(9-16)12-25-13-18-10-19(15-25)21-7-6-20(22-5-2-8-28-22)23(27)26(21)14-18/h1-9,18-19H,10,12-15H2/t18-,19+/m0/s1. The predicted molar refractivity (Wildman–Crippen MR) is 111 cm³/mol. The van der Waals surface area contributed by atoms with Gasteiger partial charge in [0.15, 0.2) is 0 Å². The molecule has 0 aliphatic carbocycles. The Labute approximate surface area is 168 Å². The smallest absolute Gasteiger partial charge is 0.259 e. The molecule has 0 amide bonds. The maximum Gasteiger partial charge on any atom is 0.259 e. The lowest BCUT2D eigenvalue weighted by Crippen LogP contribution is -2.46. The van der Waals surface area contributed by atoms with Crippen LogP contribution in [0.15, 0.2) is 58.7 Å². The first kappa shape index (κ1) is 17.4. The molecule has 5 heteroatoms. The third-order valence-electron chi connectivity index (χ3n) is 5.93. The van der Waals surface area contributed by atoms with Crippen LogP contribution in [0.25, 0.3) is 10.4 Å². The van der Waals surface area contributed by atoms with Gasteiger partial charge in [0.05, 0.1) is 17.2 Å². The molecule has 4 nitrogen and oxygen atoms in total. The molecule has 0 saturated carbocycles. The number of piperidine rings is 1. The highest BCUT2D eigenvalue weighted by Crippen LogP contribution is 2.36. The minimum Gasteiger partial charge on any atom is -0.311 e. The van der Waals surface area contributed by atoms with Crippen molar-refractivity contribution in [2.45, 2.75) is 25.4 Å². The Balaban J connectivity index is 1.42. The molecule has 28 heavy (non-hydrogen) atoms. The van der Waals surface area contributed by atoms with Crippen molar-refractivity contribution in [1.29, 1.82) is 5.26 Å². The van der Waals surface area contributed by atoms with E-state index in [1.807, 2.05) is 46.3 Å². The molecule has 2 aliphatic heterocycles. The fraction of sp³-hybridized carbons (Fsp3) is 0.304. The molecule has 0 unspecified atom stereocenters. The van der Waals surface area contributed by atoms with Crippen LogP contribution in [0.5, 0.6) is 0 Å². The summed E-state index contributed by atoms with van der Waals surface area (Å²) in [6.07, 6.45) is 1.16. The van der Waals surface area contributed by atoms with Crippen LogP contribution in [0, 0.1) is 17.2 Å². The van der Waals surface area contributed by atoms with Crippen LogP contribution in [0.4, 0.5) is 0 Å². The Morgan fingerprint density at radius 3 is 2.86 bits per heavy atom. The molecule has 2 atom stereocenters. The van der Waals surface area contributed by atoms with Crippen LogP contribution >= 0.6 is 11.3 Å². The summed E-state index contributed by atoms with van der Waals surface area (Å²) in [6.45, 7) is 3.63. The molecule has 1 saturated heterocycles. The predicted octanol–water partition coefficient (Wildman–Crippen LogP) is 4.07. The van der Waals surface area contributed by atoms with Crippen molar-refractivity contribution in [3.63, 3.8) is 0 Å². The number of likely N-dealkylation sites (tertiary alicyclic amines) is 1. The third-order valence-corrected chi connectivity index (χ3v) is 6.83. The first-order valence-electron chi connectivity index (χ1n) is 9.70. The lowest BCUT2D eigenvalue weighted by atomic mass is 9.82. The van der Waals surface area contributed by atoms with Crippen molar-refractivity contribution < 1.29 is 0 Å². The molecule has 2 aliphatic rings. The summed E-state index contributed by atoms with van der Waals surface area (Å²) in [4.78, 5) is 16.6. The molecule has 0 N–H and O–H groups in total. The van der Waals surface area contributed by atoms with Gasteiger partial charge in [0.25, 0.3) is 5.56 Å². The van der Waals surface area contributed by atoms with Crippen molar-refractivity contribution in [2.24, 2.45) is 5.92 Å². The van der Waals surface area contributed by atoms with Gasteiger partial charge in [0, 0.05) is 42.7 Å². The molecule has 0 radical (unpaired) electrons. The number of aromatic nitrogens is 1. The van der Waals surface area contributed by atoms with E-state index in [2.05, 4.69) is 23.1 Å². The van der Waals surface area contributed by atoms with Gasteiger partial charge in [-0.1, -0.05) is 18.2 Å². The van der Waals surface area contributed by atoms with E-state index in [0.29, 0.717) is 17.4 Å². The molecule has 3 aromatic rings. The largest absolute Gasteiger partial charge is 0.311 e. The summed E-state index contributed by atoms with van der Waals surface area (Å²) in [7, 11) is 0. The zero-order valence-electron chi connectivity index (χ0n) is 15.5. The van der Waals surface area contributed by atoms with Gasteiger partial charge in [0.1, 0.15) is 0 Å². The summed E-state index contributed by atoms with van der Waals surface area (Å²) < 4.78 is 2.03. The van der Waals surface area contributed by atoms with Crippen LogP contribution < -0.4 is 5.56 Å². The Morgan fingerprint density at radius 1 is 1.11 bits per heavy atom. The van der Waals surface area contributed by atoms with E-state index in [1.165, 1.54) is 11.3 Å². The molecule has 1 aromatic carbocycles. The normalized spacial score (nSPS) is 21.1. The number of pyridine rings is 1. The molecular weight excluding hydrogens is 366 g/mol. The SMILES string of the molecule is N#Cc1cccc(CN2C[C@@H]3C[C@H](C2)c2ccc(-c4cccs4)c(=O)n2C3)c1. The minimum absolute atomic E-state index is 0.157. The maximum atomic E-state index is 13.1. The summed E-state index contributed by atoms with van der Waals surface area (Å²) in [5, 5.41) is 11.2. The second-order valence-corrected chi connectivity index (χ2v) is 8.82. The van der Waals surface area contributed by atoms with Crippen molar-refractivity contribution in [3.8, 4) is 16.5 Å². The zero-order chi connectivity index (χ0) is 19.1. The van der Waals surface area contributed by atoms with Crippen molar-refractivity contribution in [2.75, 3.05) is 13.1 Å². The van der Waals surface area contributed by atoms with Crippen LogP contribution in [0.1, 0.15) is 29.2 Å². The second-order valence-electron chi connectivity index (χ2n) is 7.87. The number of hydrogen-bond acceptors (Lipinski definition) is 4. The zero-order valence-corrected chi connectivity index (χ0v) is 16.4. The van der Waals surface area contributed by atoms with Gasteiger partial charge in [0.2, 0.25) is 0 Å². The van der Waals surface area contributed by atoms with Gasteiger partial charge in [-0.15, -0.1) is 11.3 Å². The fourth-order valence-electron chi connectivity index (χ4n) is 4.79. The Morgan fingerprint density at radius 2 is 2.04 bits per heavy atom. The van der Waals surface area contributed by atoms with E-state index >= 15 is 0 Å². The number of nitrogens with zero attached hydrogens (tertiary/aromatic N) is 3. The van der Waals surface area contributed by atoms with Gasteiger partial charge < -0.3 is 4.57 Å². The molecule has 140 valence electrons. The molecule has 2 bridgehead atoms. The second kappa shape index (κ2) is 7.05. The highest BCUT2D eigenvalue weighted by atomic mass is 32.1. The average Bonchev–Trinajstić information content (AvgIpc) is 3.23. The number of rotatable bonds is 3.